The Morgan fingerprint density at radius 3 is 2.29 bits per heavy atom. The van der Waals surface area contributed by atoms with Crippen LogP contribution in [0.2, 0.25) is 5.02 Å². The fourth-order valence-electron chi connectivity index (χ4n) is 3.06. The van der Waals surface area contributed by atoms with Crippen LogP contribution in [0.1, 0.15) is 18.5 Å². The van der Waals surface area contributed by atoms with Crippen molar-refractivity contribution in [1.82, 2.24) is 15.0 Å². The number of aromatic nitrogens is 1. The van der Waals surface area contributed by atoms with E-state index in [-0.39, 0.29) is 4.90 Å². The van der Waals surface area contributed by atoms with E-state index >= 15 is 0 Å². The first-order chi connectivity index (χ1) is 13.1. The fourth-order valence-corrected chi connectivity index (χ4v) is 4.61. The van der Waals surface area contributed by atoms with E-state index in [2.05, 4.69) is 19.8 Å². The van der Waals surface area contributed by atoms with Crippen LogP contribution in [0.4, 0.5) is 13.2 Å². The minimum Gasteiger partial charge on any atom is -0.406 e. The Kier molecular flexibility index (Phi) is 5.85. The van der Waals surface area contributed by atoms with Gasteiger partial charge in [-0.25, -0.2) is 8.42 Å². The van der Waals surface area contributed by atoms with Gasteiger partial charge in [0.1, 0.15) is 5.75 Å². The van der Waals surface area contributed by atoms with Gasteiger partial charge in [0.15, 0.2) is 0 Å². The molecule has 0 atom stereocenters. The highest BCUT2D eigenvalue weighted by Gasteiger charge is 2.39. The number of piperidine rings is 1. The molecular weight excluding hydrogens is 419 g/mol. The molecule has 0 unspecified atom stereocenters. The summed E-state index contributed by atoms with van der Waals surface area (Å²) < 4.78 is 69.1. The molecule has 2 N–H and O–H groups in total. The third-order valence-electron chi connectivity index (χ3n) is 4.37. The first-order valence-electron chi connectivity index (χ1n) is 8.32. The standard InChI is InChI=1S/C17H17ClF3N3O3S/c18-12-1-6-15(23-11-12)16(7-9-22-10-8-16)24-28(25,26)14-4-2-13(3-5-14)27-17(19,20)21/h1-6,11,22,24H,7-10H2. The highest BCUT2D eigenvalue weighted by Crippen LogP contribution is 2.32. The summed E-state index contributed by atoms with van der Waals surface area (Å²) in [5, 5.41) is 3.59. The lowest BCUT2D eigenvalue weighted by Gasteiger charge is -2.37. The fraction of sp³-hybridized carbons (Fsp3) is 0.353. The molecule has 1 aromatic carbocycles. The van der Waals surface area contributed by atoms with Crippen molar-refractivity contribution in [3.05, 3.63) is 53.3 Å². The van der Waals surface area contributed by atoms with Gasteiger partial charge in [-0.15, -0.1) is 13.2 Å². The number of sulfonamides is 1. The molecule has 0 amide bonds. The summed E-state index contributed by atoms with van der Waals surface area (Å²) in [5.41, 5.74) is -0.422. The highest BCUT2D eigenvalue weighted by atomic mass is 35.5. The second-order valence-corrected chi connectivity index (χ2v) is 8.44. The number of alkyl halides is 3. The van der Waals surface area contributed by atoms with Crippen LogP contribution in [-0.2, 0) is 15.6 Å². The molecule has 0 radical (unpaired) electrons. The summed E-state index contributed by atoms with van der Waals surface area (Å²) in [7, 11) is -4.02. The van der Waals surface area contributed by atoms with Gasteiger partial charge in [-0.1, -0.05) is 11.6 Å². The second kappa shape index (κ2) is 7.86. The Labute approximate surface area is 165 Å². The minimum absolute atomic E-state index is 0.172. The summed E-state index contributed by atoms with van der Waals surface area (Å²) >= 11 is 5.88. The molecule has 152 valence electrons. The van der Waals surface area contributed by atoms with Crippen molar-refractivity contribution in [3.63, 3.8) is 0 Å². The van der Waals surface area contributed by atoms with Gasteiger partial charge in [-0.05, 0) is 62.3 Å². The van der Waals surface area contributed by atoms with Crippen LogP contribution in [0.3, 0.4) is 0 Å². The molecule has 0 spiro atoms. The molecule has 1 fully saturated rings. The van der Waals surface area contributed by atoms with E-state index in [1.807, 2.05) is 0 Å². The van der Waals surface area contributed by atoms with Gasteiger partial charge in [0.2, 0.25) is 10.0 Å². The van der Waals surface area contributed by atoms with Crippen LogP contribution >= 0.6 is 11.6 Å². The van der Waals surface area contributed by atoms with Gasteiger partial charge in [0.25, 0.3) is 0 Å². The van der Waals surface area contributed by atoms with Crippen molar-refractivity contribution < 1.29 is 26.3 Å². The SMILES string of the molecule is O=S(=O)(NC1(c2ccc(Cl)cn2)CCNCC1)c1ccc(OC(F)(F)F)cc1. The van der Waals surface area contributed by atoms with E-state index in [1.165, 1.54) is 6.20 Å². The number of nitrogens with zero attached hydrogens (tertiary/aromatic N) is 1. The maximum atomic E-state index is 12.9. The molecule has 1 aliphatic heterocycles. The molecule has 0 aliphatic carbocycles. The van der Waals surface area contributed by atoms with Crippen molar-refractivity contribution in [2.24, 2.45) is 0 Å². The summed E-state index contributed by atoms with van der Waals surface area (Å²) in [4.78, 5) is 4.10. The van der Waals surface area contributed by atoms with Crippen molar-refractivity contribution in [2.45, 2.75) is 29.6 Å². The maximum absolute atomic E-state index is 12.9. The molecule has 1 aliphatic rings. The number of nitrogens with one attached hydrogen (secondary N) is 2. The van der Waals surface area contributed by atoms with Gasteiger partial charge >= 0.3 is 6.36 Å². The van der Waals surface area contributed by atoms with Crippen LogP contribution in [0.25, 0.3) is 0 Å². The van der Waals surface area contributed by atoms with Crippen molar-refractivity contribution in [2.75, 3.05) is 13.1 Å². The number of rotatable bonds is 5. The number of halogens is 4. The third-order valence-corrected chi connectivity index (χ3v) is 6.15. The summed E-state index contributed by atoms with van der Waals surface area (Å²) in [6.45, 7) is 1.15. The first kappa shape index (κ1) is 20.8. The Balaban J connectivity index is 1.88. The lowest BCUT2D eigenvalue weighted by atomic mass is 9.86. The number of benzene rings is 1. The normalized spacial score (nSPS) is 17.3. The second-order valence-electron chi connectivity index (χ2n) is 6.32. The van der Waals surface area contributed by atoms with Crippen LogP contribution < -0.4 is 14.8 Å². The number of hydrogen-bond acceptors (Lipinski definition) is 5. The molecule has 1 aromatic heterocycles. The minimum atomic E-state index is -4.85. The molecular formula is C17H17ClF3N3O3S. The lowest BCUT2D eigenvalue weighted by Crippen LogP contribution is -2.52. The van der Waals surface area contributed by atoms with E-state index in [4.69, 9.17) is 11.6 Å². The zero-order valence-electron chi connectivity index (χ0n) is 14.5. The van der Waals surface area contributed by atoms with Gasteiger partial charge in [0, 0.05) is 6.20 Å². The Morgan fingerprint density at radius 2 is 1.75 bits per heavy atom. The maximum Gasteiger partial charge on any atom is 0.573 e. The zero-order chi connectivity index (χ0) is 20.4. The van der Waals surface area contributed by atoms with Crippen molar-refractivity contribution in [1.29, 1.82) is 0 Å². The molecule has 0 bridgehead atoms. The first-order valence-corrected chi connectivity index (χ1v) is 10.2. The van der Waals surface area contributed by atoms with Crippen LogP contribution in [0.5, 0.6) is 5.75 Å². The Bertz CT molecular complexity index is 913. The predicted octanol–water partition coefficient (Wildman–Crippen LogP) is 3.19. The smallest absolute Gasteiger partial charge is 0.406 e. The van der Waals surface area contributed by atoms with Gasteiger partial charge < -0.3 is 10.1 Å². The molecule has 0 saturated carbocycles. The molecule has 6 nitrogen and oxygen atoms in total. The predicted molar refractivity (Wildman–Crippen MR) is 96.5 cm³/mol. The summed E-state index contributed by atoms with van der Waals surface area (Å²) in [6.07, 6.45) is -2.50. The molecule has 3 rings (SSSR count). The molecule has 2 heterocycles. The third kappa shape index (κ3) is 4.93. The van der Waals surface area contributed by atoms with Crippen molar-refractivity contribution in [3.8, 4) is 5.75 Å². The monoisotopic (exact) mass is 435 g/mol. The van der Waals surface area contributed by atoms with Crippen LogP contribution in [0, 0.1) is 0 Å². The molecule has 1 saturated heterocycles. The lowest BCUT2D eigenvalue weighted by molar-refractivity contribution is -0.274. The van der Waals surface area contributed by atoms with E-state index in [0.29, 0.717) is 36.6 Å². The van der Waals surface area contributed by atoms with Crippen LogP contribution in [-0.4, -0.2) is 32.9 Å². The van der Waals surface area contributed by atoms with Gasteiger partial charge in [-0.3, -0.25) is 4.98 Å². The number of hydrogen-bond donors (Lipinski definition) is 2. The molecule has 28 heavy (non-hydrogen) atoms. The summed E-state index contributed by atoms with van der Waals surface area (Å²) in [5.74, 6) is -0.498. The van der Waals surface area contributed by atoms with E-state index in [0.717, 1.165) is 24.3 Å². The van der Waals surface area contributed by atoms with Crippen molar-refractivity contribution >= 4 is 21.6 Å². The number of ether oxygens (including phenoxy) is 1. The van der Waals surface area contributed by atoms with E-state index < -0.39 is 27.7 Å². The Hall–Kier alpha value is -1.88. The Morgan fingerprint density at radius 1 is 1.11 bits per heavy atom. The highest BCUT2D eigenvalue weighted by molar-refractivity contribution is 7.89. The van der Waals surface area contributed by atoms with E-state index in [1.54, 1.807) is 12.1 Å². The van der Waals surface area contributed by atoms with Gasteiger partial charge in [0.05, 0.1) is 21.2 Å². The topological polar surface area (TPSA) is 80.3 Å². The average molecular weight is 436 g/mol. The van der Waals surface area contributed by atoms with Crippen LogP contribution in [0.15, 0.2) is 47.5 Å². The zero-order valence-corrected chi connectivity index (χ0v) is 16.0. The summed E-state index contributed by atoms with van der Waals surface area (Å²) in [6, 6.07) is 7.33. The van der Waals surface area contributed by atoms with E-state index in [9.17, 15) is 21.6 Å². The average Bonchev–Trinajstić information content (AvgIpc) is 2.62. The molecule has 2 aromatic rings. The largest absolute Gasteiger partial charge is 0.573 e. The number of pyridine rings is 1. The molecule has 11 heteroatoms. The quantitative estimate of drug-likeness (QED) is 0.754. The van der Waals surface area contributed by atoms with Gasteiger partial charge in [-0.2, -0.15) is 4.72 Å².